The molecule has 7 nitrogen and oxygen atoms in total. The maximum Gasteiger partial charge on any atom is 0.348 e. The Morgan fingerprint density at radius 2 is 2.00 bits per heavy atom. The lowest BCUT2D eigenvalue weighted by Gasteiger charge is -2.26. The summed E-state index contributed by atoms with van der Waals surface area (Å²) in [6.07, 6.45) is 1.33. The molecule has 3 heterocycles. The number of halogens is 1. The van der Waals surface area contributed by atoms with Gasteiger partial charge in [-0.15, -0.1) is 11.3 Å². The second kappa shape index (κ2) is 5.00. The molecular weight excluding hydrogens is 384 g/mol. The summed E-state index contributed by atoms with van der Waals surface area (Å²) in [6, 6.07) is 6.71. The number of carbonyl (C=O) groups is 2. The number of carboxylic acid groups (broad SMARTS) is 1. The van der Waals surface area contributed by atoms with Crippen molar-refractivity contribution < 1.29 is 14.7 Å². The summed E-state index contributed by atoms with van der Waals surface area (Å²) >= 11 is 4.36. The molecule has 1 aromatic carbocycles. The Hall–Kier alpha value is -2.52. The van der Waals surface area contributed by atoms with Gasteiger partial charge in [0.1, 0.15) is 16.0 Å². The van der Waals surface area contributed by atoms with Gasteiger partial charge in [0.15, 0.2) is 5.82 Å². The summed E-state index contributed by atoms with van der Waals surface area (Å²) in [4.78, 5) is 34.2. The van der Waals surface area contributed by atoms with Crippen LogP contribution in [0.2, 0.25) is 0 Å². The summed E-state index contributed by atoms with van der Waals surface area (Å²) in [7, 11) is 0. The number of thiophene rings is 1. The van der Waals surface area contributed by atoms with Gasteiger partial charge in [0, 0.05) is 4.47 Å². The van der Waals surface area contributed by atoms with Gasteiger partial charge in [-0.25, -0.2) is 24.5 Å². The highest BCUT2D eigenvalue weighted by Gasteiger charge is 2.33. The van der Waals surface area contributed by atoms with Gasteiger partial charge in [-0.3, -0.25) is 0 Å². The third-order valence-corrected chi connectivity index (χ3v) is 5.01. The molecule has 0 fully saturated rings. The van der Waals surface area contributed by atoms with Crippen LogP contribution in [-0.4, -0.2) is 27.1 Å². The first-order valence-corrected chi connectivity index (χ1v) is 8.04. The minimum absolute atomic E-state index is 0.0468. The number of urea groups is 1. The van der Waals surface area contributed by atoms with E-state index in [1.54, 1.807) is 12.1 Å². The molecule has 0 spiro atoms. The Balaban J connectivity index is 1.99. The first kappa shape index (κ1) is 14.1. The smallest absolute Gasteiger partial charge is 0.348 e. The highest BCUT2D eigenvalue weighted by molar-refractivity contribution is 9.10. The van der Waals surface area contributed by atoms with Crippen LogP contribution in [-0.2, 0) is 0 Å². The lowest BCUT2D eigenvalue weighted by atomic mass is 10.2. The van der Waals surface area contributed by atoms with Crippen LogP contribution in [0.4, 0.5) is 22.0 Å². The number of nitrogens with zero attached hydrogens (tertiary/aromatic N) is 3. The summed E-state index contributed by atoms with van der Waals surface area (Å²) in [5.41, 5.74) is 0.880. The summed E-state index contributed by atoms with van der Waals surface area (Å²) in [6.45, 7) is 0. The first-order valence-electron chi connectivity index (χ1n) is 6.43. The minimum Gasteiger partial charge on any atom is -0.477 e. The number of hydrogen-bond donors (Lipinski definition) is 2. The molecule has 3 aromatic rings. The molecule has 114 valence electrons. The van der Waals surface area contributed by atoms with E-state index in [1.165, 1.54) is 11.2 Å². The van der Waals surface area contributed by atoms with E-state index in [9.17, 15) is 14.7 Å². The van der Waals surface area contributed by atoms with Crippen molar-refractivity contribution in [1.29, 1.82) is 0 Å². The molecule has 2 aromatic heterocycles. The van der Waals surface area contributed by atoms with Gasteiger partial charge in [0.05, 0.1) is 16.8 Å². The second-order valence-electron chi connectivity index (χ2n) is 4.73. The molecule has 0 atom stereocenters. The van der Waals surface area contributed by atoms with Crippen molar-refractivity contribution in [2.75, 3.05) is 10.2 Å². The van der Waals surface area contributed by atoms with Crippen molar-refractivity contribution in [3.05, 3.63) is 39.9 Å². The number of nitrogens with one attached hydrogen (secondary N) is 1. The van der Waals surface area contributed by atoms with Gasteiger partial charge in [0.2, 0.25) is 0 Å². The predicted molar refractivity (Wildman–Crippen MR) is 89.7 cm³/mol. The van der Waals surface area contributed by atoms with Crippen LogP contribution in [0.1, 0.15) is 9.67 Å². The van der Waals surface area contributed by atoms with Crippen LogP contribution in [0, 0.1) is 0 Å². The zero-order chi connectivity index (χ0) is 16.1. The number of anilines is 3. The minimum atomic E-state index is -1.11. The quantitative estimate of drug-likeness (QED) is 0.692. The van der Waals surface area contributed by atoms with E-state index in [-0.39, 0.29) is 10.6 Å². The fraction of sp³-hybridized carbons (Fsp3) is 0. The van der Waals surface area contributed by atoms with E-state index in [2.05, 4.69) is 31.2 Å². The van der Waals surface area contributed by atoms with Crippen LogP contribution in [0.15, 0.2) is 35.1 Å². The fourth-order valence-electron chi connectivity index (χ4n) is 2.45. The topological polar surface area (TPSA) is 95.4 Å². The van der Waals surface area contributed by atoms with Crippen LogP contribution < -0.4 is 10.2 Å². The van der Waals surface area contributed by atoms with Crippen LogP contribution in [0.5, 0.6) is 0 Å². The molecule has 2 N–H and O–H groups in total. The Labute approximate surface area is 141 Å². The number of hydrogen-bond acceptors (Lipinski definition) is 5. The largest absolute Gasteiger partial charge is 0.477 e. The molecule has 1 aliphatic rings. The molecular formula is C14H7BrN4O3S. The Kier molecular flexibility index (Phi) is 3.06. The number of carboxylic acids is 1. The van der Waals surface area contributed by atoms with E-state index in [0.29, 0.717) is 21.7 Å². The standard InChI is InChI=1S/C14H7BrN4O3S/c15-6-1-3-7(4-2-6)19-11-8-9(18-14(19)22)10(13(20)21)23-12(8)17-5-16-11/h1-5H,(H,18,22)(H,20,21). The summed E-state index contributed by atoms with van der Waals surface area (Å²) < 4.78 is 0.885. The number of rotatable bonds is 2. The molecule has 0 unspecified atom stereocenters. The third kappa shape index (κ3) is 2.08. The van der Waals surface area contributed by atoms with Crippen molar-refractivity contribution in [3.63, 3.8) is 0 Å². The van der Waals surface area contributed by atoms with E-state index in [4.69, 9.17) is 0 Å². The molecule has 2 amide bonds. The molecule has 0 radical (unpaired) electrons. The monoisotopic (exact) mass is 390 g/mol. The maximum absolute atomic E-state index is 12.5. The zero-order valence-corrected chi connectivity index (χ0v) is 13.7. The average Bonchev–Trinajstić information content (AvgIpc) is 2.89. The summed E-state index contributed by atoms with van der Waals surface area (Å²) in [5, 5.41) is 12.5. The highest BCUT2D eigenvalue weighted by Crippen LogP contribution is 2.44. The van der Waals surface area contributed by atoms with Gasteiger partial charge < -0.3 is 10.4 Å². The van der Waals surface area contributed by atoms with Gasteiger partial charge in [-0.05, 0) is 24.3 Å². The Morgan fingerprint density at radius 3 is 2.70 bits per heavy atom. The number of carbonyl (C=O) groups excluding carboxylic acids is 1. The lowest BCUT2D eigenvalue weighted by Crippen LogP contribution is -2.34. The number of amides is 2. The molecule has 9 heteroatoms. The van der Waals surface area contributed by atoms with E-state index < -0.39 is 12.0 Å². The molecule has 23 heavy (non-hydrogen) atoms. The maximum atomic E-state index is 12.5. The number of aromatic carboxylic acids is 1. The normalized spacial score (nSPS) is 13.3. The molecule has 0 aliphatic carbocycles. The zero-order valence-electron chi connectivity index (χ0n) is 11.3. The predicted octanol–water partition coefficient (Wildman–Crippen LogP) is 3.84. The van der Waals surface area contributed by atoms with Gasteiger partial charge >= 0.3 is 12.0 Å². The highest BCUT2D eigenvalue weighted by atomic mass is 79.9. The van der Waals surface area contributed by atoms with E-state index >= 15 is 0 Å². The Bertz CT molecular complexity index is 970. The van der Waals surface area contributed by atoms with Gasteiger partial charge in [0.25, 0.3) is 0 Å². The Morgan fingerprint density at radius 1 is 1.26 bits per heavy atom. The van der Waals surface area contributed by atoms with E-state index in [0.717, 1.165) is 15.8 Å². The molecule has 0 saturated heterocycles. The fourth-order valence-corrected chi connectivity index (χ4v) is 3.64. The van der Waals surface area contributed by atoms with E-state index in [1.807, 2.05) is 12.1 Å². The van der Waals surface area contributed by atoms with Crippen molar-refractivity contribution in [3.8, 4) is 0 Å². The van der Waals surface area contributed by atoms with Crippen LogP contribution >= 0.6 is 27.3 Å². The first-order chi connectivity index (χ1) is 11.1. The van der Waals surface area contributed by atoms with Crippen LogP contribution in [0.3, 0.4) is 0 Å². The molecule has 0 bridgehead atoms. The van der Waals surface area contributed by atoms with Gasteiger partial charge in [-0.1, -0.05) is 15.9 Å². The molecule has 0 saturated carbocycles. The number of aromatic nitrogens is 2. The van der Waals surface area contributed by atoms with Crippen LogP contribution in [0.25, 0.3) is 10.2 Å². The lowest BCUT2D eigenvalue weighted by molar-refractivity contribution is 0.0703. The van der Waals surface area contributed by atoms with Crippen molar-refractivity contribution >= 4 is 66.7 Å². The summed E-state index contributed by atoms with van der Waals surface area (Å²) in [5.74, 6) is -0.730. The third-order valence-electron chi connectivity index (χ3n) is 3.39. The van der Waals surface area contributed by atoms with Gasteiger partial charge in [-0.2, -0.15) is 0 Å². The molecule has 1 aliphatic heterocycles. The van der Waals surface area contributed by atoms with Crippen molar-refractivity contribution in [2.45, 2.75) is 0 Å². The van der Waals surface area contributed by atoms with Crippen molar-refractivity contribution in [2.24, 2.45) is 0 Å². The number of benzene rings is 1. The molecule has 4 rings (SSSR count). The SMILES string of the molecule is O=C(O)c1sc2ncnc3c2c1NC(=O)N3c1ccc(Br)cc1. The van der Waals surface area contributed by atoms with Crippen molar-refractivity contribution in [1.82, 2.24) is 9.97 Å². The second-order valence-corrected chi connectivity index (χ2v) is 6.65. The average molecular weight is 391 g/mol.